The second-order valence-electron chi connectivity index (χ2n) is 6.97. The van der Waals surface area contributed by atoms with Crippen molar-refractivity contribution >= 4 is 21.4 Å². The monoisotopic (exact) mass is 425 g/mol. The Morgan fingerprint density at radius 3 is 2.43 bits per heavy atom. The average molecular weight is 426 g/mol. The lowest BCUT2D eigenvalue weighted by atomic mass is 10.0. The smallest absolute Gasteiger partial charge is 0.130 e. The van der Waals surface area contributed by atoms with Crippen molar-refractivity contribution in [3.05, 3.63) is 89.3 Å². The Kier molecular flexibility index (Phi) is 6.38. The molecule has 0 radical (unpaired) electrons. The highest BCUT2D eigenvalue weighted by atomic mass is 32.1. The van der Waals surface area contributed by atoms with Gasteiger partial charge in [0.15, 0.2) is 0 Å². The Hall–Kier alpha value is -2.80. The fraction of sp³-hybridized carbons (Fsp3) is 0.167. The number of hydrogen-bond acceptors (Lipinski definition) is 4. The van der Waals surface area contributed by atoms with E-state index < -0.39 is 17.7 Å². The fourth-order valence-corrected chi connectivity index (χ4v) is 4.22. The van der Waals surface area contributed by atoms with Crippen LogP contribution in [0.15, 0.2) is 72.1 Å². The van der Waals surface area contributed by atoms with E-state index >= 15 is 0 Å². The molecule has 1 heterocycles. The number of thiophene rings is 1. The molecule has 0 saturated carbocycles. The van der Waals surface area contributed by atoms with Crippen LogP contribution in [0.3, 0.4) is 0 Å². The van der Waals surface area contributed by atoms with Gasteiger partial charge in [-0.05, 0) is 41.3 Å². The molecule has 0 amide bonds. The highest BCUT2D eigenvalue weighted by Gasteiger charge is 2.10. The molecular weight excluding hydrogens is 404 g/mol. The molecule has 30 heavy (non-hydrogen) atoms. The first-order valence-corrected chi connectivity index (χ1v) is 10.5. The Morgan fingerprint density at radius 1 is 0.933 bits per heavy atom. The minimum Gasteiger partial charge on any atom is -0.491 e. The largest absolute Gasteiger partial charge is 0.491 e. The van der Waals surface area contributed by atoms with Crippen LogP contribution in [0.2, 0.25) is 0 Å². The van der Waals surface area contributed by atoms with Gasteiger partial charge in [-0.3, -0.25) is 0 Å². The maximum atomic E-state index is 13.6. The Bertz CT molecular complexity index is 1110. The third-order valence-electron chi connectivity index (χ3n) is 4.83. The summed E-state index contributed by atoms with van der Waals surface area (Å²) < 4.78 is 34.1. The number of ether oxygens (including phenoxy) is 1. The van der Waals surface area contributed by atoms with Crippen molar-refractivity contribution in [2.24, 2.45) is 0 Å². The van der Waals surface area contributed by atoms with Crippen molar-refractivity contribution in [2.45, 2.75) is 12.6 Å². The van der Waals surface area contributed by atoms with E-state index in [1.165, 1.54) is 33.8 Å². The van der Waals surface area contributed by atoms with E-state index in [0.717, 1.165) is 5.56 Å². The summed E-state index contributed by atoms with van der Waals surface area (Å²) in [6, 6.07) is 19.8. The van der Waals surface area contributed by atoms with Crippen LogP contribution in [0.4, 0.5) is 8.78 Å². The zero-order chi connectivity index (χ0) is 20.9. The number of benzene rings is 3. The minimum absolute atomic E-state index is 0.00113. The van der Waals surface area contributed by atoms with E-state index in [1.807, 2.05) is 36.4 Å². The summed E-state index contributed by atoms with van der Waals surface area (Å²) in [4.78, 5) is 0. The first-order valence-electron chi connectivity index (χ1n) is 9.63. The van der Waals surface area contributed by atoms with Gasteiger partial charge in [0.05, 0.1) is 0 Å². The van der Waals surface area contributed by atoms with E-state index in [4.69, 9.17) is 4.74 Å². The molecule has 3 aromatic carbocycles. The first-order chi connectivity index (χ1) is 14.6. The summed E-state index contributed by atoms with van der Waals surface area (Å²) in [5.74, 6) is -0.559. The third-order valence-corrected chi connectivity index (χ3v) is 5.80. The normalized spacial score (nSPS) is 12.2. The zero-order valence-corrected chi connectivity index (χ0v) is 17.0. The van der Waals surface area contributed by atoms with Crippen molar-refractivity contribution in [3.63, 3.8) is 0 Å². The van der Waals surface area contributed by atoms with Crippen LogP contribution >= 0.6 is 11.3 Å². The molecule has 0 fully saturated rings. The lowest BCUT2D eigenvalue weighted by Gasteiger charge is -2.14. The van der Waals surface area contributed by atoms with Gasteiger partial charge in [-0.2, -0.15) is 0 Å². The van der Waals surface area contributed by atoms with Crippen molar-refractivity contribution in [1.82, 2.24) is 5.32 Å². The van der Waals surface area contributed by atoms with Gasteiger partial charge in [-0.15, -0.1) is 11.3 Å². The van der Waals surface area contributed by atoms with Crippen LogP contribution in [-0.4, -0.2) is 24.4 Å². The fourth-order valence-electron chi connectivity index (χ4n) is 3.25. The third kappa shape index (κ3) is 4.67. The lowest BCUT2D eigenvalue weighted by molar-refractivity contribution is 0.106. The summed E-state index contributed by atoms with van der Waals surface area (Å²) in [7, 11) is 0. The second kappa shape index (κ2) is 9.34. The number of nitrogens with one attached hydrogen (secondary N) is 1. The number of aliphatic hydroxyl groups excluding tert-OH is 1. The summed E-state index contributed by atoms with van der Waals surface area (Å²) in [6.07, 6.45) is -0.805. The van der Waals surface area contributed by atoms with Gasteiger partial charge in [-0.1, -0.05) is 36.4 Å². The van der Waals surface area contributed by atoms with Gasteiger partial charge >= 0.3 is 0 Å². The molecule has 0 aliphatic rings. The SMILES string of the molecule is OC(CNCc1c(F)cccc1F)COc1ccc(-c2csc3ccccc23)cc1. The molecule has 6 heteroatoms. The van der Waals surface area contributed by atoms with Crippen molar-refractivity contribution < 1.29 is 18.6 Å². The average Bonchev–Trinajstić information content (AvgIpc) is 3.19. The van der Waals surface area contributed by atoms with Crippen molar-refractivity contribution in [1.29, 1.82) is 0 Å². The summed E-state index contributed by atoms with van der Waals surface area (Å²) in [5.41, 5.74) is 2.25. The number of rotatable bonds is 8. The molecule has 2 N–H and O–H groups in total. The Balaban J connectivity index is 1.29. The Morgan fingerprint density at radius 2 is 1.67 bits per heavy atom. The molecule has 4 aromatic rings. The van der Waals surface area contributed by atoms with Crippen LogP contribution in [0.1, 0.15) is 5.56 Å². The molecule has 1 aromatic heterocycles. The van der Waals surface area contributed by atoms with Gasteiger partial charge < -0.3 is 15.2 Å². The van der Waals surface area contributed by atoms with Gasteiger partial charge in [0, 0.05) is 34.3 Å². The standard InChI is InChI=1S/C24H21F2NO2S/c25-22-5-3-6-23(26)20(22)13-27-12-17(28)14-29-18-10-8-16(9-11-18)21-15-30-24-7-2-1-4-19(21)24/h1-11,15,17,27-28H,12-14H2. The zero-order valence-electron chi connectivity index (χ0n) is 16.1. The maximum absolute atomic E-state index is 13.6. The quantitative estimate of drug-likeness (QED) is 0.398. The molecule has 0 aliphatic carbocycles. The van der Waals surface area contributed by atoms with Crippen LogP contribution in [0.25, 0.3) is 21.2 Å². The molecule has 0 bridgehead atoms. The van der Waals surface area contributed by atoms with Gasteiger partial charge in [0.2, 0.25) is 0 Å². The van der Waals surface area contributed by atoms with E-state index in [1.54, 1.807) is 11.3 Å². The van der Waals surface area contributed by atoms with Crippen LogP contribution in [0.5, 0.6) is 5.75 Å². The topological polar surface area (TPSA) is 41.5 Å². The first kappa shape index (κ1) is 20.5. The van der Waals surface area contributed by atoms with E-state index in [9.17, 15) is 13.9 Å². The number of halogens is 2. The van der Waals surface area contributed by atoms with Crippen LogP contribution < -0.4 is 10.1 Å². The highest BCUT2D eigenvalue weighted by Crippen LogP contribution is 2.34. The van der Waals surface area contributed by atoms with Gasteiger partial charge in [0.25, 0.3) is 0 Å². The molecule has 0 saturated heterocycles. The summed E-state index contributed by atoms with van der Waals surface area (Å²) in [6.45, 7) is 0.235. The maximum Gasteiger partial charge on any atom is 0.130 e. The second-order valence-corrected chi connectivity index (χ2v) is 7.88. The highest BCUT2D eigenvalue weighted by molar-refractivity contribution is 7.17. The molecule has 0 aliphatic heterocycles. The van der Waals surface area contributed by atoms with E-state index in [2.05, 4.69) is 22.8 Å². The molecule has 4 rings (SSSR count). The predicted molar refractivity (Wildman–Crippen MR) is 117 cm³/mol. The van der Waals surface area contributed by atoms with Crippen LogP contribution in [0, 0.1) is 11.6 Å². The summed E-state index contributed by atoms with van der Waals surface area (Å²) in [5, 5.41) is 16.3. The molecule has 3 nitrogen and oxygen atoms in total. The minimum atomic E-state index is -0.805. The van der Waals surface area contributed by atoms with Crippen LogP contribution in [-0.2, 0) is 6.54 Å². The van der Waals surface area contributed by atoms with Gasteiger partial charge in [-0.25, -0.2) is 8.78 Å². The van der Waals surface area contributed by atoms with Crippen molar-refractivity contribution in [2.75, 3.05) is 13.2 Å². The lowest BCUT2D eigenvalue weighted by Crippen LogP contribution is -2.31. The molecular formula is C24H21F2NO2S. The predicted octanol–water partition coefficient (Wildman–Crippen LogP) is 5.38. The molecule has 154 valence electrons. The number of hydrogen-bond donors (Lipinski definition) is 2. The molecule has 1 unspecified atom stereocenters. The van der Waals surface area contributed by atoms with Crippen molar-refractivity contribution in [3.8, 4) is 16.9 Å². The summed E-state index contributed by atoms with van der Waals surface area (Å²) >= 11 is 1.72. The van der Waals surface area contributed by atoms with E-state index in [-0.39, 0.29) is 25.3 Å². The molecule has 1 atom stereocenters. The van der Waals surface area contributed by atoms with E-state index in [0.29, 0.717) is 5.75 Å². The Labute approximate surface area is 177 Å². The van der Waals surface area contributed by atoms with Gasteiger partial charge in [0.1, 0.15) is 30.1 Å². The number of aliphatic hydroxyl groups is 1. The number of fused-ring (bicyclic) bond motifs is 1. The molecule has 0 spiro atoms.